The molecule has 0 spiro atoms. The maximum atomic E-state index is 12.4. The molecule has 1 atom stereocenters. The molecule has 0 N–H and O–H groups in total. The zero-order valence-electron chi connectivity index (χ0n) is 12.8. The van der Waals surface area contributed by atoms with Gasteiger partial charge in [0.25, 0.3) is 0 Å². The van der Waals surface area contributed by atoms with Crippen LogP contribution in [0.5, 0.6) is 0 Å². The summed E-state index contributed by atoms with van der Waals surface area (Å²) in [5.41, 5.74) is 2.27. The number of hydrogen-bond donors (Lipinski definition) is 0. The first-order chi connectivity index (χ1) is 11.1. The highest BCUT2D eigenvalue weighted by Gasteiger charge is 2.42. The van der Waals surface area contributed by atoms with Crippen molar-refractivity contribution in [2.24, 2.45) is 0 Å². The molecule has 2 aromatic carbocycles. The third kappa shape index (κ3) is 2.04. The average Bonchev–Trinajstić information content (AvgIpc) is 2.60. The van der Waals surface area contributed by atoms with Gasteiger partial charge in [0, 0.05) is 16.7 Å². The van der Waals surface area contributed by atoms with E-state index >= 15 is 0 Å². The Kier molecular flexibility index (Phi) is 2.98. The van der Waals surface area contributed by atoms with Crippen LogP contribution in [0.3, 0.4) is 0 Å². The molecule has 0 saturated heterocycles. The van der Waals surface area contributed by atoms with Gasteiger partial charge in [-0.3, -0.25) is 9.59 Å². The minimum atomic E-state index is -0.492. The third-order valence-electron chi connectivity index (χ3n) is 4.73. The first-order valence-electron chi connectivity index (χ1n) is 7.76. The summed E-state index contributed by atoms with van der Waals surface area (Å²) in [5, 5.41) is 0. The monoisotopic (exact) mass is 304 g/mol. The molecule has 0 radical (unpaired) electrons. The summed E-state index contributed by atoms with van der Waals surface area (Å²) in [6.07, 6.45) is 1.23. The van der Waals surface area contributed by atoms with Gasteiger partial charge in [0.2, 0.25) is 11.6 Å². The number of carbonyl (C=O) groups excluding carboxylic acids is 2. The van der Waals surface area contributed by atoms with E-state index in [0.717, 1.165) is 11.1 Å². The first kappa shape index (κ1) is 13.9. The number of Topliss-reactive ketones (excluding diaryl/α,β-unsaturated/α-hetero) is 2. The zero-order chi connectivity index (χ0) is 16.0. The molecule has 0 unspecified atom stereocenters. The van der Waals surface area contributed by atoms with E-state index in [1.165, 1.54) is 0 Å². The van der Waals surface area contributed by atoms with Crippen molar-refractivity contribution in [1.82, 2.24) is 0 Å². The van der Waals surface area contributed by atoms with Gasteiger partial charge in [-0.05, 0) is 25.3 Å². The van der Waals surface area contributed by atoms with Crippen LogP contribution in [0.2, 0.25) is 0 Å². The topological polar surface area (TPSA) is 43.4 Å². The summed E-state index contributed by atoms with van der Waals surface area (Å²) >= 11 is 0. The van der Waals surface area contributed by atoms with Crippen molar-refractivity contribution in [3.8, 4) is 0 Å². The molecule has 114 valence electrons. The molecule has 0 bridgehead atoms. The Balaban J connectivity index is 1.85. The maximum Gasteiger partial charge on any atom is 0.234 e. The minimum Gasteiger partial charge on any atom is -0.482 e. The standard InChI is InChI=1S/C20H16O3/c1-20(13-7-3-2-4-8-13)12-11-16-18(22)17(21)14-9-5-6-10-15(14)19(16)23-20/h2-10H,11-12H2,1H3/t20-/m0/s1. The molecular formula is C20H16O3. The summed E-state index contributed by atoms with van der Waals surface area (Å²) in [5.74, 6) is -0.275. The molecule has 1 aliphatic carbocycles. The molecule has 0 aromatic heterocycles. The van der Waals surface area contributed by atoms with Gasteiger partial charge in [-0.25, -0.2) is 0 Å². The number of rotatable bonds is 1. The van der Waals surface area contributed by atoms with E-state index in [9.17, 15) is 9.59 Å². The molecular weight excluding hydrogens is 288 g/mol. The molecule has 3 nitrogen and oxygen atoms in total. The summed E-state index contributed by atoms with van der Waals surface area (Å²) in [6, 6.07) is 17.2. The van der Waals surface area contributed by atoms with Crippen LogP contribution in [0, 0.1) is 0 Å². The van der Waals surface area contributed by atoms with Crippen LogP contribution in [0.25, 0.3) is 5.76 Å². The van der Waals surface area contributed by atoms with Gasteiger partial charge >= 0.3 is 0 Å². The second kappa shape index (κ2) is 4.92. The smallest absolute Gasteiger partial charge is 0.234 e. The second-order valence-corrected chi connectivity index (χ2v) is 6.21. The normalized spacial score (nSPS) is 23.2. The van der Waals surface area contributed by atoms with E-state index in [0.29, 0.717) is 29.7 Å². The highest BCUT2D eigenvalue weighted by Crippen LogP contribution is 2.45. The number of ether oxygens (including phenoxy) is 1. The van der Waals surface area contributed by atoms with Crippen molar-refractivity contribution in [1.29, 1.82) is 0 Å². The Labute approximate surface area is 134 Å². The lowest BCUT2D eigenvalue weighted by molar-refractivity contribution is -0.112. The fraction of sp³-hybridized carbons (Fsp3) is 0.200. The summed E-state index contributed by atoms with van der Waals surface area (Å²) in [4.78, 5) is 24.6. The molecule has 3 heteroatoms. The van der Waals surface area contributed by atoms with Crippen LogP contribution in [-0.4, -0.2) is 11.6 Å². The molecule has 1 aliphatic heterocycles. The number of hydrogen-bond acceptors (Lipinski definition) is 3. The van der Waals surface area contributed by atoms with E-state index in [1.54, 1.807) is 12.1 Å². The van der Waals surface area contributed by atoms with Crippen LogP contribution in [0.4, 0.5) is 0 Å². The van der Waals surface area contributed by atoms with Crippen molar-refractivity contribution in [3.63, 3.8) is 0 Å². The Morgan fingerprint density at radius 3 is 2.26 bits per heavy atom. The minimum absolute atomic E-state index is 0.422. The number of benzene rings is 2. The van der Waals surface area contributed by atoms with Crippen LogP contribution >= 0.6 is 0 Å². The van der Waals surface area contributed by atoms with E-state index in [4.69, 9.17) is 4.74 Å². The number of allylic oxidation sites excluding steroid dienone is 1. The van der Waals surface area contributed by atoms with Crippen molar-refractivity contribution < 1.29 is 14.3 Å². The summed E-state index contributed by atoms with van der Waals surface area (Å²) < 4.78 is 6.32. The number of ketones is 2. The molecule has 2 aromatic rings. The Bertz CT molecular complexity index is 848. The van der Waals surface area contributed by atoms with Gasteiger partial charge < -0.3 is 4.74 Å². The van der Waals surface area contributed by atoms with Gasteiger partial charge in [-0.15, -0.1) is 0 Å². The zero-order valence-corrected chi connectivity index (χ0v) is 12.8. The van der Waals surface area contributed by atoms with E-state index < -0.39 is 17.2 Å². The summed E-state index contributed by atoms with van der Waals surface area (Å²) in [6.45, 7) is 2.04. The Morgan fingerprint density at radius 1 is 0.870 bits per heavy atom. The Hall–Kier alpha value is -2.68. The van der Waals surface area contributed by atoms with Gasteiger partial charge in [0.05, 0.1) is 0 Å². The van der Waals surface area contributed by atoms with Gasteiger partial charge in [0.15, 0.2) is 0 Å². The average molecular weight is 304 g/mol. The molecule has 0 amide bonds. The lowest BCUT2D eigenvalue weighted by atomic mass is 9.80. The van der Waals surface area contributed by atoms with Gasteiger partial charge in [-0.2, -0.15) is 0 Å². The SMILES string of the molecule is C[C@@]1(c2ccccc2)CCC2=C(O1)c1ccccc1C(=O)C2=O. The van der Waals surface area contributed by atoms with Crippen molar-refractivity contribution in [2.45, 2.75) is 25.4 Å². The largest absolute Gasteiger partial charge is 0.482 e. The molecule has 2 aliphatic rings. The van der Waals surface area contributed by atoms with E-state index in [1.807, 2.05) is 49.4 Å². The van der Waals surface area contributed by atoms with Crippen LogP contribution in [0.1, 0.15) is 41.3 Å². The van der Waals surface area contributed by atoms with Crippen molar-refractivity contribution in [3.05, 3.63) is 76.9 Å². The Morgan fingerprint density at radius 2 is 1.52 bits per heavy atom. The van der Waals surface area contributed by atoms with Crippen LogP contribution < -0.4 is 0 Å². The van der Waals surface area contributed by atoms with Gasteiger partial charge in [0.1, 0.15) is 11.4 Å². The molecule has 0 fully saturated rings. The molecule has 1 heterocycles. The predicted octanol–water partition coefficient (Wildman–Crippen LogP) is 3.89. The number of carbonyl (C=O) groups is 2. The summed E-state index contributed by atoms with van der Waals surface area (Å²) in [7, 11) is 0. The van der Waals surface area contributed by atoms with Crippen molar-refractivity contribution in [2.75, 3.05) is 0 Å². The maximum absolute atomic E-state index is 12.4. The fourth-order valence-corrected chi connectivity index (χ4v) is 3.38. The predicted molar refractivity (Wildman–Crippen MR) is 86.8 cm³/mol. The van der Waals surface area contributed by atoms with E-state index in [2.05, 4.69) is 0 Å². The van der Waals surface area contributed by atoms with E-state index in [-0.39, 0.29) is 0 Å². The lowest BCUT2D eigenvalue weighted by Gasteiger charge is -2.39. The second-order valence-electron chi connectivity index (χ2n) is 6.21. The molecule has 4 rings (SSSR count). The lowest BCUT2D eigenvalue weighted by Crippen LogP contribution is -2.35. The fourth-order valence-electron chi connectivity index (χ4n) is 3.38. The molecule has 23 heavy (non-hydrogen) atoms. The first-order valence-corrected chi connectivity index (χ1v) is 7.76. The third-order valence-corrected chi connectivity index (χ3v) is 4.73. The highest BCUT2D eigenvalue weighted by molar-refractivity contribution is 6.52. The highest BCUT2D eigenvalue weighted by atomic mass is 16.5. The number of fused-ring (bicyclic) bond motifs is 2. The van der Waals surface area contributed by atoms with Gasteiger partial charge in [-0.1, -0.05) is 54.6 Å². The van der Waals surface area contributed by atoms with Crippen LogP contribution in [-0.2, 0) is 15.1 Å². The van der Waals surface area contributed by atoms with Crippen molar-refractivity contribution >= 4 is 17.3 Å². The molecule has 0 saturated carbocycles. The quantitative estimate of drug-likeness (QED) is 0.751. The van der Waals surface area contributed by atoms with Crippen LogP contribution in [0.15, 0.2) is 60.2 Å².